The molecule has 1 unspecified atom stereocenters. The minimum atomic E-state index is -0.197. The Labute approximate surface area is 106 Å². The Morgan fingerprint density at radius 1 is 1.59 bits per heavy atom. The number of nitrogens with zero attached hydrogens (tertiary/aromatic N) is 1. The van der Waals surface area contributed by atoms with Crippen molar-refractivity contribution in [2.75, 3.05) is 26.5 Å². The van der Waals surface area contributed by atoms with E-state index >= 15 is 0 Å². The highest BCUT2D eigenvalue weighted by Crippen LogP contribution is 2.23. The van der Waals surface area contributed by atoms with Gasteiger partial charge >= 0.3 is 0 Å². The fourth-order valence-corrected chi connectivity index (χ4v) is 1.76. The maximum atomic E-state index is 12.2. The predicted molar refractivity (Wildman–Crippen MR) is 69.3 cm³/mol. The normalized spacial score (nSPS) is 12.2. The first kappa shape index (κ1) is 13.8. The first-order valence-electron chi connectivity index (χ1n) is 5.29. The van der Waals surface area contributed by atoms with Gasteiger partial charge in [0.05, 0.1) is 23.2 Å². The Balaban J connectivity index is 2.96. The Bertz CT molecular complexity index is 389. The number of amides is 1. The first-order valence-corrected chi connectivity index (χ1v) is 5.67. The third-order valence-corrected chi connectivity index (χ3v) is 2.96. The van der Waals surface area contributed by atoms with Crippen LogP contribution in [0.15, 0.2) is 18.2 Å². The number of likely N-dealkylation sites (N-methyl/N-ethyl adjacent to an activating group) is 1. The SMILES string of the molecule is COCC(C)N(C)C(=O)c1c(N)cccc1Cl. The molecule has 0 saturated heterocycles. The molecule has 0 spiro atoms. The number of rotatable bonds is 4. The standard InChI is InChI=1S/C12H17ClN2O2/c1-8(7-17-3)15(2)12(16)11-9(13)5-4-6-10(11)14/h4-6,8H,7,14H2,1-3H3. The monoisotopic (exact) mass is 256 g/mol. The minimum absolute atomic E-state index is 0.0387. The molecule has 5 heteroatoms. The highest BCUT2D eigenvalue weighted by Gasteiger charge is 2.21. The van der Waals surface area contributed by atoms with Gasteiger partial charge in [0.2, 0.25) is 0 Å². The number of benzene rings is 1. The number of ether oxygens (including phenoxy) is 1. The maximum Gasteiger partial charge on any atom is 0.257 e. The van der Waals surface area contributed by atoms with Gasteiger partial charge in [-0.15, -0.1) is 0 Å². The summed E-state index contributed by atoms with van der Waals surface area (Å²) in [7, 11) is 3.30. The second kappa shape index (κ2) is 5.89. The highest BCUT2D eigenvalue weighted by atomic mass is 35.5. The zero-order valence-electron chi connectivity index (χ0n) is 10.2. The van der Waals surface area contributed by atoms with Crippen LogP contribution >= 0.6 is 11.6 Å². The third-order valence-electron chi connectivity index (χ3n) is 2.65. The fourth-order valence-electron chi connectivity index (χ4n) is 1.50. The smallest absolute Gasteiger partial charge is 0.257 e. The fraction of sp³-hybridized carbons (Fsp3) is 0.417. The van der Waals surface area contributed by atoms with E-state index in [4.69, 9.17) is 22.1 Å². The van der Waals surface area contributed by atoms with Gasteiger partial charge in [-0.05, 0) is 19.1 Å². The lowest BCUT2D eigenvalue weighted by molar-refractivity contribution is 0.0634. The summed E-state index contributed by atoms with van der Waals surface area (Å²) in [4.78, 5) is 13.8. The Hall–Kier alpha value is -1.26. The molecule has 1 rings (SSSR count). The van der Waals surface area contributed by atoms with Crippen molar-refractivity contribution in [2.24, 2.45) is 0 Å². The van der Waals surface area contributed by atoms with E-state index < -0.39 is 0 Å². The average Bonchev–Trinajstić information content (AvgIpc) is 2.27. The molecular formula is C12H17ClN2O2. The van der Waals surface area contributed by atoms with Crippen LogP contribution in [0.4, 0.5) is 5.69 Å². The molecule has 0 aliphatic carbocycles. The van der Waals surface area contributed by atoms with Crippen molar-refractivity contribution < 1.29 is 9.53 Å². The summed E-state index contributed by atoms with van der Waals surface area (Å²) in [5, 5.41) is 0.367. The van der Waals surface area contributed by atoms with Gasteiger partial charge in [0.15, 0.2) is 0 Å². The molecule has 0 aliphatic rings. The number of hydrogen-bond donors (Lipinski definition) is 1. The molecule has 0 aliphatic heterocycles. The number of hydrogen-bond acceptors (Lipinski definition) is 3. The number of methoxy groups -OCH3 is 1. The Kier molecular flexibility index (Phi) is 4.78. The topological polar surface area (TPSA) is 55.6 Å². The molecule has 0 aromatic heterocycles. The number of nitrogen functional groups attached to an aromatic ring is 1. The lowest BCUT2D eigenvalue weighted by atomic mass is 10.1. The van der Waals surface area contributed by atoms with E-state index in [1.807, 2.05) is 6.92 Å². The number of nitrogens with two attached hydrogens (primary N) is 1. The third kappa shape index (κ3) is 3.11. The summed E-state index contributed by atoms with van der Waals surface area (Å²) in [5.74, 6) is -0.197. The van der Waals surface area contributed by atoms with E-state index in [9.17, 15) is 4.79 Å². The zero-order chi connectivity index (χ0) is 13.0. The van der Waals surface area contributed by atoms with Crippen LogP contribution in [-0.2, 0) is 4.74 Å². The van der Waals surface area contributed by atoms with E-state index in [1.165, 1.54) is 0 Å². The zero-order valence-corrected chi connectivity index (χ0v) is 11.0. The maximum absolute atomic E-state index is 12.2. The lowest BCUT2D eigenvalue weighted by Gasteiger charge is -2.25. The van der Waals surface area contributed by atoms with Gasteiger partial charge in [-0.2, -0.15) is 0 Å². The van der Waals surface area contributed by atoms with Gasteiger partial charge in [-0.25, -0.2) is 0 Å². The highest BCUT2D eigenvalue weighted by molar-refractivity contribution is 6.34. The van der Waals surface area contributed by atoms with Crippen LogP contribution in [-0.4, -0.2) is 37.6 Å². The van der Waals surface area contributed by atoms with Crippen LogP contribution in [0.1, 0.15) is 17.3 Å². The van der Waals surface area contributed by atoms with Crippen LogP contribution in [0, 0.1) is 0 Å². The molecule has 0 bridgehead atoms. The predicted octanol–water partition coefficient (Wildman–Crippen LogP) is 2.03. The van der Waals surface area contributed by atoms with Gasteiger partial charge in [-0.1, -0.05) is 17.7 Å². The van der Waals surface area contributed by atoms with E-state index in [2.05, 4.69) is 0 Å². The molecule has 17 heavy (non-hydrogen) atoms. The molecule has 1 aromatic carbocycles. The van der Waals surface area contributed by atoms with Crippen molar-refractivity contribution in [3.05, 3.63) is 28.8 Å². The largest absolute Gasteiger partial charge is 0.398 e. The molecule has 0 fully saturated rings. The van der Waals surface area contributed by atoms with Gasteiger partial charge in [-0.3, -0.25) is 4.79 Å². The summed E-state index contributed by atoms with van der Waals surface area (Å²) in [6.07, 6.45) is 0. The van der Waals surface area contributed by atoms with Gasteiger partial charge < -0.3 is 15.4 Å². The second-order valence-corrected chi connectivity index (χ2v) is 4.33. The number of anilines is 1. The number of halogens is 1. The summed E-state index contributed by atoms with van der Waals surface area (Å²) in [6, 6.07) is 4.99. The van der Waals surface area contributed by atoms with Crippen LogP contribution in [0.3, 0.4) is 0 Å². The summed E-state index contributed by atoms with van der Waals surface area (Å²) in [6.45, 7) is 2.36. The molecule has 1 amide bonds. The quantitative estimate of drug-likeness (QED) is 0.839. The number of carbonyl (C=O) groups is 1. The molecule has 4 nitrogen and oxygen atoms in total. The molecule has 94 valence electrons. The summed E-state index contributed by atoms with van der Waals surface area (Å²) >= 11 is 5.99. The van der Waals surface area contributed by atoms with Crippen LogP contribution in [0.5, 0.6) is 0 Å². The van der Waals surface area contributed by atoms with Crippen molar-refractivity contribution >= 4 is 23.2 Å². The van der Waals surface area contributed by atoms with Crippen LogP contribution in [0.25, 0.3) is 0 Å². The Morgan fingerprint density at radius 3 is 2.76 bits per heavy atom. The Morgan fingerprint density at radius 2 is 2.24 bits per heavy atom. The lowest BCUT2D eigenvalue weighted by Crippen LogP contribution is -2.38. The van der Waals surface area contributed by atoms with Crippen molar-refractivity contribution in [3.63, 3.8) is 0 Å². The molecule has 0 heterocycles. The molecule has 0 saturated carbocycles. The first-order chi connectivity index (χ1) is 7.99. The molecular weight excluding hydrogens is 240 g/mol. The van der Waals surface area contributed by atoms with Crippen LogP contribution < -0.4 is 5.73 Å². The minimum Gasteiger partial charge on any atom is -0.398 e. The average molecular weight is 257 g/mol. The van der Waals surface area contributed by atoms with E-state index in [-0.39, 0.29) is 11.9 Å². The summed E-state index contributed by atoms with van der Waals surface area (Å²) in [5.41, 5.74) is 6.51. The number of carbonyl (C=O) groups excluding carboxylic acids is 1. The molecule has 2 N–H and O–H groups in total. The van der Waals surface area contributed by atoms with Crippen molar-refractivity contribution in [1.82, 2.24) is 4.90 Å². The van der Waals surface area contributed by atoms with Crippen LogP contribution in [0.2, 0.25) is 5.02 Å². The van der Waals surface area contributed by atoms with Gasteiger partial charge in [0.25, 0.3) is 5.91 Å². The van der Waals surface area contributed by atoms with E-state index in [0.717, 1.165) is 0 Å². The van der Waals surface area contributed by atoms with Crippen molar-refractivity contribution in [3.8, 4) is 0 Å². The van der Waals surface area contributed by atoms with Gasteiger partial charge in [0.1, 0.15) is 0 Å². The second-order valence-electron chi connectivity index (χ2n) is 3.92. The summed E-state index contributed by atoms with van der Waals surface area (Å²) < 4.78 is 5.01. The van der Waals surface area contributed by atoms with Crippen molar-refractivity contribution in [1.29, 1.82) is 0 Å². The van der Waals surface area contributed by atoms with E-state index in [0.29, 0.717) is 22.9 Å². The molecule has 1 atom stereocenters. The molecule has 1 aromatic rings. The van der Waals surface area contributed by atoms with Crippen molar-refractivity contribution in [2.45, 2.75) is 13.0 Å². The van der Waals surface area contributed by atoms with E-state index in [1.54, 1.807) is 37.3 Å². The van der Waals surface area contributed by atoms with Gasteiger partial charge in [0, 0.05) is 19.8 Å². The molecule has 0 radical (unpaired) electrons.